The Labute approximate surface area is 157 Å². The third-order valence-electron chi connectivity index (χ3n) is 4.13. The minimum Gasteiger partial charge on any atom is -0.392 e. The summed E-state index contributed by atoms with van der Waals surface area (Å²) < 4.78 is 5.08. The second-order valence-electron chi connectivity index (χ2n) is 6.26. The van der Waals surface area contributed by atoms with Crippen LogP contribution in [0.1, 0.15) is 12.5 Å². The average Bonchev–Trinajstić information content (AvgIpc) is 2.95. The van der Waals surface area contributed by atoms with Crippen LogP contribution in [-0.2, 0) is 20.6 Å². The zero-order chi connectivity index (χ0) is 19.0. The highest BCUT2D eigenvalue weighted by Gasteiger charge is 2.19. The van der Waals surface area contributed by atoms with Crippen molar-refractivity contribution < 1.29 is 5.11 Å². The first kappa shape index (κ1) is 18.4. The highest BCUT2D eigenvalue weighted by molar-refractivity contribution is 9.10. The Bertz CT molecular complexity index is 1080. The lowest BCUT2D eigenvalue weighted by Crippen LogP contribution is -2.37. The van der Waals surface area contributed by atoms with Crippen molar-refractivity contribution in [1.82, 2.24) is 18.7 Å². The van der Waals surface area contributed by atoms with E-state index in [0.717, 1.165) is 14.6 Å². The molecule has 0 aliphatic rings. The molecule has 8 nitrogen and oxygen atoms in total. The molecule has 3 rings (SSSR count). The summed E-state index contributed by atoms with van der Waals surface area (Å²) in [5, 5.41) is 12.6. The van der Waals surface area contributed by atoms with Gasteiger partial charge in [-0.2, -0.15) is 4.98 Å². The van der Waals surface area contributed by atoms with Crippen LogP contribution in [-0.4, -0.2) is 36.4 Å². The molecule has 0 amide bonds. The van der Waals surface area contributed by atoms with Gasteiger partial charge in [0.1, 0.15) is 0 Å². The molecule has 26 heavy (non-hydrogen) atoms. The molecule has 0 saturated carbocycles. The van der Waals surface area contributed by atoms with E-state index in [0.29, 0.717) is 23.7 Å². The molecule has 138 valence electrons. The number of benzene rings is 1. The number of hydrogen-bond donors (Lipinski definition) is 2. The van der Waals surface area contributed by atoms with Crippen molar-refractivity contribution >= 4 is 33.0 Å². The molecule has 3 aromatic rings. The van der Waals surface area contributed by atoms with Gasteiger partial charge in [0, 0.05) is 25.1 Å². The molecule has 9 heteroatoms. The van der Waals surface area contributed by atoms with Crippen LogP contribution < -0.4 is 16.6 Å². The van der Waals surface area contributed by atoms with Gasteiger partial charge in [0.15, 0.2) is 11.2 Å². The third kappa shape index (κ3) is 3.32. The highest BCUT2D eigenvalue weighted by Crippen LogP contribution is 2.19. The summed E-state index contributed by atoms with van der Waals surface area (Å²) in [6.07, 6.45) is -0.583. The van der Waals surface area contributed by atoms with E-state index in [1.165, 1.54) is 11.6 Å². The van der Waals surface area contributed by atoms with Gasteiger partial charge in [0.2, 0.25) is 5.95 Å². The SMILES string of the molecule is C[C@@H](O)CNc1nc2c(c(=O)n(C)c(=O)n2C)n1Cc1cccc(Br)c1. The quantitative estimate of drug-likeness (QED) is 0.641. The number of imidazole rings is 1. The summed E-state index contributed by atoms with van der Waals surface area (Å²) in [4.78, 5) is 29.4. The largest absolute Gasteiger partial charge is 0.392 e. The Hall–Kier alpha value is -2.39. The minimum absolute atomic E-state index is 0.274. The molecular weight excluding hydrogens is 402 g/mol. The van der Waals surface area contributed by atoms with Gasteiger partial charge in [-0.25, -0.2) is 4.79 Å². The molecule has 0 aliphatic carbocycles. The van der Waals surface area contributed by atoms with E-state index in [9.17, 15) is 14.7 Å². The lowest BCUT2D eigenvalue weighted by molar-refractivity contribution is 0.208. The van der Waals surface area contributed by atoms with Crippen molar-refractivity contribution in [3.8, 4) is 0 Å². The Morgan fingerprint density at radius 3 is 2.65 bits per heavy atom. The van der Waals surface area contributed by atoms with Crippen LogP contribution >= 0.6 is 15.9 Å². The van der Waals surface area contributed by atoms with Crippen LogP contribution in [0.2, 0.25) is 0 Å². The van der Waals surface area contributed by atoms with Crippen molar-refractivity contribution in [3.05, 3.63) is 55.1 Å². The number of aliphatic hydroxyl groups is 1. The van der Waals surface area contributed by atoms with E-state index < -0.39 is 17.4 Å². The summed E-state index contributed by atoms with van der Waals surface area (Å²) >= 11 is 3.45. The van der Waals surface area contributed by atoms with Gasteiger partial charge in [0.05, 0.1) is 12.6 Å². The number of anilines is 1. The second kappa shape index (κ2) is 7.08. The van der Waals surface area contributed by atoms with E-state index in [-0.39, 0.29) is 6.54 Å². The van der Waals surface area contributed by atoms with Crippen LogP contribution in [0.5, 0.6) is 0 Å². The normalized spacial score (nSPS) is 12.5. The van der Waals surface area contributed by atoms with Gasteiger partial charge in [0.25, 0.3) is 5.56 Å². The van der Waals surface area contributed by atoms with Crippen molar-refractivity contribution in [1.29, 1.82) is 0 Å². The molecule has 2 aromatic heterocycles. The average molecular weight is 422 g/mol. The molecule has 0 radical (unpaired) electrons. The Balaban J connectivity index is 2.24. The van der Waals surface area contributed by atoms with E-state index in [4.69, 9.17) is 0 Å². The van der Waals surface area contributed by atoms with E-state index >= 15 is 0 Å². The molecule has 0 unspecified atom stereocenters. The van der Waals surface area contributed by atoms with Gasteiger partial charge < -0.3 is 10.4 Å². The fourth-order valence-corrected chi connectivity index (χ4v) is 3.24. The maximum Gasteiger partial charge on any atom is 0.332 e. The molecule has 0 fully saturated rings. The van der Waals surface area contributed by atoms with E-state index in [1.54, 1.807) is 18.5 Å². The Kier molecular flexibility index (Phi) is 5.01. The first-order valence-electron chi connectivity index (χ1n) is 8.12. The molecule has 2 N–H and O–H groups in total. The van der Waals surface area contributed by atoms with Gasteiger partial charge in [-0.1, -0.05) is 28.1 Å². The number of nitrogens with one attached hydrogen (secondary N) is 1. The van der Waals surface area contributed by atoms with Gasteiger partial charge >= 0.3 is 5.69 Å². The van der Waals surface area contributed by atoms with Crippen molar-refractivity contribution in [3.63, 3.8) is 0 Å². The van der Waals surface area contributed by atoms with Crippen LogP contribution in [0.4, 0.5) is 5.95 Å². The predicted octanol–water partition coefficient (Wildman–Crippen LogP) is 1.04. The summed E-state index contributed by atoms with van der Waals surface area (Å²) in [5.74, 6) is 0.430. The van der Waals surface area contributed by atoms with Crippen LogP contribution in [0.25, 0.3) is 11.2 Å². The molecule has 0 spiro atoms. The van der Waals surface area contributed by atoms with E-state index in [2.05, 4.69) is 26.2 Å². The number of rotatable bonds is 5. The number of nitrogens with zero attached hydrogens (tertiary/aromatic N) is 4. The molecule has 0 aliphatic heterocycles. The van der Waals surface area contributed by atoms with Crippen molar-refractivity contribution in [2.45, 2.75) is 19.6 Å². The molecule has 1 atom stereocenters. The molecule has 0 saturated heterocycles. The van der Waals surface area contributed by atoms with E-state index in [1.807, 2.05) is 24.3 Å². The monoisotopic (exact) mass is 421 g/mol. The minimum atomic E-state index is -0.583. The topological polar surface area (TPSA) is 94.1 Å². The number of aromatic nitrogens is 4. The third-order valence-corrected chi connectivity index (χ3v) is 4.63. The summed E-state index contributed by atoms with van der Waals surface area (Å²) in [6, 6.07) is 7.73. The lowest BCUT2D eigenvalue weighted by atomic mass is 10.2. The summed E-state index contributed by atoms with van der Waals surface area (Å²) in [6.45, 7) is 2.32. The standard InChI is InChI=1S/C17H20BrN5O3/c1-10(24)8-19-16-20-14-13(15(25)22(3)17(26)21(14)2)23(16)9-11-5-4-6-12(18)7-11/h4-7,10,24H,8-9H2,1-3H3,(H,19,20)/t10-/m1/s1. The lowest BCUT2D eigenvalue weighted by Gasteiger charge is -2.12. The van der Waals surface area contributed by atoms with Crippen LogP contribution in [0.3, 0.4) is 0 Å². The van der Waals surface area contributed by atoms with Gasteiger partial charge in [-0.15, -0.1) is 0 Å². The number of halogens is 1. The van der Waals surface area contributed by atoms with Crippen molar-refractivity contribution in [2.75, 3.05) is 11.9 Å². The fraction of sp³-hybridized carbons (Fsp3) is 0.353. The van der Waals surface area contributed by atoms with Crippen LogP contribution in [0.15, 0.2) is 38.3 Å². The molecule has 0 bridgehead atoms. The molecule has 1 aromatic carbocycles. The summed E-state index contributed by atoms with van der Waals surface area (Å²) in [5.41, 5.74) is 0.769. The van der Waals surface area contributed by atoms with Gasteiger partial charge in [-0.3, -0.25) is 18.5 Å². The zero-order valence-corrected chi connectivity index (χ0v) is 16.3. The predicted molar refractivity (Wildman–Crippen MR) is 104 cm³/mol. The number of aliphatic hydroxyl groups excluding tert-OH is 1. The molecular formula is C17H20BrN5O3. The zero-order valence-electron chi connectivity index (χ0n) is 14.7. The maximum absolute atomic E-state index is 12.7. The molecule has 2 heterocycles. The smallest absolute Gasteiger partial charge is 0.332 e. The first-order chi connectivity index (χ1) is 12.3. The first-order valence-corrected chi connectivity index (χ1v) is 8.91. The van der Waals surface area contributed by atoms with Crippen molar-refractivity contribution in [2.24, 2.45) is 14.1 Å². The Morgan fingerprint density at radius 1 is 1.27 bits per heavy atom. The number of hydrogen-bond acceptors (Lipinski definition) is 5. The maximum atomic E-state index is 12.7. The highest BCUT2D eigenvalue weighted by atomic mass is 79.9. The second-order valence-corrected chi connectivity index (χ2v) is 7.18. The fourth-order valence-electron chi connectivity index (χ4n) is 2.79. The summed E-state index contributed by atoms with van der Waals surface area (Å²) in [7, 11) is 3.03. The van der Waals surface area contributed by atoms with Gasteiger partial charge in [-0.05, 0) is 24.6 Å². The number of fused-ring (bicyclic) bond motifs is 1. The number of aryl methyl sites for hydroxylation is 1. The Morgan fingerprint density at radius 2 is 2.00 bits per heavy atom. The van der Waals surface area contributed by atoms with Crippen LogP contribution in [0, 0.1) is 0 Å².